The third kappa shape index (κ3) is 3.44. The topological polar surface area (TPSA) is 28.2 Å². The summed E-state index contributed by atoms with van der Waals surface area (Å²) in [6.45, 7) is 1.96. The molecule has 0 amide bonds. The van der Waals surface area contributed by atoms with E-state index in [1.165, 1.54) is 36.8 Å². The minimum absolute atomic E-state index is 0.684. The van der Waals surface area contributed by atoms with E-state index >= 15 is 0 Å². The van der Waals surface area contributed by atoms with Crippen LogP contribution in [0.1, 0.15) is 36.8 Å². The minimum atomic E-state index is 0.684. The Morgan fingerprint density at radius 2 is 2.10 bits per heavy atom. The number of aromatic nitrogens is 1. The number of pyridine rings is 1. The van der Waals surface area contributed by atoms with E-state index in [1.807, 2.05) is 6.20 Å². The van der Waals surface area contributed by atoms with E-state index in [2.05, 4.69) is 44.2 Å². The second-order valence-corrected chi connectivity index (χ2v) is 6.95. The normalized spacial score (nSPS) is 17.9. The fourth-order valence-corrected chi connectivity index (χ4v) is 3.30. The summed E-state index contributed by atoms with van der Waals surface area (Å²) in [7, 11) is 0. The molecule has 0 aromatic carbocycles. The summed E-state index contributed by atoms with van der Waals surface area (Å²) in [6, 6.07) is 8.06. The molecule has 0 spiro atoms. The van der Waals surface area contributed by atoms with E-state index in [9.17, 15) is 0 Å². The molecule has 1 N–H and O–H groups in total. The molecule has 0 aliphatic heterocycles. The van der Waals surface area contributed by atoms with Gasteiger partial charge in [-0.3, -0.25) is 0 Å². The first-order valence-electron chi connectivity index (χ1n) is 7.84. The van der Waals surface area contributed by atoms with Gasteiger partial charge in [-0.15, -0.1) is 0 Å². The maximum Gasteiger partial charge on any atom is 0.129 e. The van der Waals surface area contributed by atoms with Gasteiger partial charge >= 0.3 is 0 Å². The number of nitrogens with one attached hydrogen (secondary N) is 1. The molecule has 4 heteroatoms. The lowest BCUT2D eigenvalue weighted by Crippen LogP contribution is -2.26. The van der Waals surface area contributed by atoms with Crippen LogP contribution in [0.25, 0.3) is 0 Å². The molecule has 4 rings (SSSR count). The summed E-state index contributed by atoms with van der Waals surface area (Å²) in [5.41, 5.74) is 2.75. The van der Waals surface area contributed by atoms with Crippen LogP contribution in [-0.2, 0) is 13.1 Å². The van der Waals surface area contributed by atoms with Crippen molar-refractivity contribution < 1.29 is 0 Å². The molecule has 2 aromatic heterocycles. The minimum Gasteiger partial charge on any atom is -0.349 e. The van der Waals surface area contributed by atoms with Crippen LogP contribution < -0.4 is 10.2 Å². The highest BCUT2D eigenvalue weighted by molar-refractivity contribution is 7.07. The predicted octanol–water partition coefficient (Wildman–Crippen LogP) is 3.56. The lowest BCUT2D eigenvalue weighted by Gasteiger charge is -2.23. The van der Waals surface area contributed by atoms with E-state index in [-0.39, 0.29) is 0 Å². The van der Waals surface area contributed by atoms with Gasteiger partial charge in [0.05, 0.1) is 0 Å². The van der Waals surface area contributed by atoms with Crippen molar-refractivity contribution in [1.29, 1.82) is 0 Å². The average Bonchev–Trinajstić information content (AvgIpc) is 3.44. The Morgan fingerprint density at radius 3 is 2.81 bits per heavy atom. The van der Waals surface area contributed by atoms with Gasteiger partial charge in [0.25, 0.3) is 0 Å². The number of hydrogen-bond acceptors (Lipinski definition) is 4. The van der Waals surface area contributed by atoms with Crippen molar-refractivity contribution in [2.24, 2.45) is 0 Å². The van der Waals surface area contributed by atoms with E-state index in [0.29, 0.717) is 6.04 Å². The van der Waals surface area contributed by atoms with Gasteiger partial charge in [0.2, 0.25) is 0 Å². The molecular weight excluding hydrogens is 278 g/mol. The quantitative estimate of drug-likeness (QED) is 0.847. The molecule has 2 saturated carbocycles. The van der Waals surface area contributed by atoms with Crippen LogP contribution in [-0.4, -0.2) is 17.1 Å². The summed E-state index contributed by atoms with van der Waals surface area (Å²) >= 11 is 1.77. The van der Waals surface area contributed by atoms with Crippen LogP contribution in [0.4, 0.5) is 5.82 Å². The van der Waals surface area contributed by atoms with Crippen molar-refractivity contribution >= 4 is 17.2 Å². The van der Waals surface area contributed by atoms with Gasteiger partial charge in [-0.2, -0.15) is 11.3 Å². The van der Waals surface area contributed by atoms with Crippen LogP contribution in [0.5, 0.6) is 0 Å². The highest BCUT2D eigenvalue weighted by Crippen LogP contribution is 2.32. The van der Waals surface area contributed by atoms with Crippen molar-refractivity contribution in [2.75, 3.05) is 4.90 Å². The van der Waals surface area contributed by atoms with Gasteiger partial charge in [-0.1, -0.05) is 0 Å². The molecule has 0 radical (unpaired) electrons. The fourth-order valence-electron chi connectivity index (χ4n) is 2.64. The van der Waals surface area contributed by atoms with Crippen molar-refractivity contribution in [3.63, 3.8) is 0 Å². The number of nitrogens with zero attached hydrogens (tertiary/aromatic N) is 2. The molecule has 0 atom stereocenters. The number of hydrogen-bond donors (Lipinski definition) is 1. The van der Waals surface area contributed by atoms with Gasteiger partial charge in [-0.05, 0) is 65.8 Å². The van der Waals surface area contributed by atoms with Crippen molar-refractivity contribution in [2.45, 2.75) is 50.9 Å². The third-order valence-corrected chi connectivity index (χ3v) is 4.93. The second-order valence-electron chi connectivity index (χ2n) is 6.17. The molecule has 0 saturated heterocycles. The van der Waals surface area contributed by atoms with Gasteiger partial charge in [-0.25, -0.2) is 4.98 Å². The Labute approximate surface area is 130 Å². The largest absolute Gasteiger partial charge is 0.349 e. The molecule has 3 nitrogen and oxygen atoms in total. The molecule has 2 aliphatic carbocycles. The van der Waals surface area contributed by atoms with Gasteiger partial charge < -0.3 is 10.2 Å². The average molecular weight is 299 g/mol. The van der Waals surface area contributed by atoms with Crippen molar-refractivity contribution in [1.82, 2.24) is 10.3 Å². The first-order valence-corrected chi connectivity index (χ1v) is 8.79. The lowest BCUT2D eigenvalue weighted by atomic mass is 10.2. The smallest absolute Gasteiger partial charge is 0.129 e. The zero-order valence-corrected chi connectivity index (χ0v) is 13.0. The summed E-state index contributed by atoms with van der Waals surface area (Å²) in [5.74, 6) is 1.14. The van der Waals surface area contributed by atoms with Gasteiger partial charge in [0, 0.05) is 31.4 Å². The molecule has 2 aliphatic rings. The Hall–Kier alpha value is -1.39. The first kappa shape index (κ1) is 13.3. The molecule has 0 unspecified atom stereocenters. The molecule has 2 fully saturated rings. The zero-order valence-electron chi connectivity index (χ0n) is 12.2. The Bertz CT molecular complexity index is 588. The van der Waals surface area contributed by atoms with Crippen LogP contribution in [0.3, 0.4) is 0 Å². The first-order chi connectivity index (χ1) is 10.4. The summed E-state index contributed by atoms with van der Waals surface area (Å²) < 4.78 is 0. The molecular formula is C17H21N3S. The highest BCUT2D eigenvalue weighted by Gasteiger charge is 2.30. The number of thiophene rings is 1. The van der Waals surface area contributed by atoms with Crippen molar-refractivity contribution in [3.8, 4) is 0 Å². The SMILES string of the molecule is c1cc(CNC2CC2)cc(N(Cc2ccsc2)C2CC2)n1. The van der Waals surface area contributed by atoms with Gasteiger partial charge in [0.15, 0.2) is 0 Å². The van der Waals surface area contributed by atoms with Crippen LogP contribution in [0, 0.1) is 0 Å². The van der Waals surface area contributed by atoms with Gasteiger partial charge in [0.1, 0.15) is 5.82 Å². The third-order valence-electron chi connectivity index (χ3n) is 4.20. The Balaban J connectivity index is 1.49. The lowest BCUT2D eigenvalue weighted by molar-refractivity contribution is 0.685. The van der Waals surface area contributed by atoms with E-state index in [1.54, 1.807) is 11.3 Å². The number of anilines is 1. The standard InChI is InChI=1S/C17H21N3S/c1-2-15(1)19-10-13-5-7-18-17(9-13)20(16-3-4-16)11-14-6-8-21-12-14/h5-9,12,15-16,19H,1-4,10-11H2. The Kier molecular flexibility index (Phi) is 3.65. The summed E-state index contributed by atoms with van der Waals surface area (Å²) in [4.78, 5) is 7.10. The predicted molar refractivity (Wildman–Crippen MR) is 87.6 cm³/mol. The maximum atomic E-state index is 4.63. The second kappa shape index (κ2) is 5.78. The zero-order chi connectivity index (χ0) is 14.1. The van der Waals surface area contributed by atoms with Crippen LogP contribution >= 0.6 is 11.3 Å². The Morgan fingerprint density at radius 1 is 1.19 bits per heavy atom. The van der Waals surface area contributed by atoms with E-state index < -0.39 is 0 Å². The monoisotopic (exact) mass is 299 g/mol. The molecule has 2 heterocycles. The van der Waals surface area contributed by atoms with Crippen LogP contribution in [0.2, 0.25) is 0 Å². The molecule has 2 aromatic rings. The van der Waals surface area contributed by atoms with E-state index in [4.69, 9.17) is 0 Å². The molecule has 110 valence electrons. The fraction of sp³-hybridized carbons (Fsp3) is 0.471. The maximum absolute atomic E-state index is 4.63. The number of rotatable bonds is 7. The van der Waals surface area contributed by atoms with Crippen molar-refractivity contribution in [3.05, 3.63) is 46.3 Å². The van der Waals surface area contributed by atoms with Crippen LogP contribution in [0.15, 0.2) is 35.2 Å². The van der Waals surface area contributed by atoms with E-state index in [0.717, 1.165) is 24.9 Å². The summed E-state index contributed by atoms with van der Waals surface area (Å²) in [5, 5.41) is 7.99. The highest BCUT2D eigenvalue weighted by atomic mass is 32.1. The molecule has 0 bridgehead atoms. The molecule has 21 heavy (non-hydrogen) atoms. The summed E-state index contributed by atoms with van der Waals surface area (Å²) in [6.07, 6.45) is 7.24.